The molecule has 6 heteroatoms. The van der Waals surface area contributed by atoms with Gasteiger partial charge >= 0.3 is 6.03 Å². The number of hydrogen-bond donors (Lipinski definition) is 3. The number of rotatable bonds is 5. The summed E-state index contributed by atoms with van der Waals surface area (Å²) in [7, 11) is 0. The Labute approximate surface area is 135 Å². The summed E-state index contributed by atoms with van der Waals surface area (Å²) in [4.78, 5) is 15.9. The molecule has 0 aliphatic carbocycles. The zero-order chi connectivity index (χ0) is 16.8. The van der Waals surface area contributed by atoms with E-state index >= 15 is 0 Å². The number of amides is 2. The minimum atomic E-state index is -0.363. The molecule has 0 atom stereocenters. The third-order valence-electron chi connectivity index (χ3n) is 3.47. The summed E-state index contributed by atoms with van der Waals surface area (Å²) in [5.41, 5.74) is 4.12. The van der Waals surface area contributed by atoms with E-state index in [1.54, 1.807) is 31.5 Å². The summed E-state index contributed by atoms with van der Waals surface area (Å²) in [5.74, 6) is -0.340. The van der Waals surface area contributed by atoms with Crippen LogP contribution < -0.4 is 16.0 Å². The zero-order valence-corrected chi connectivity index (χ0v) is 13.5. The Bertz CT molecular complexity index is 683. The molecule has 1 heterocycles. The number of pyridine rings is 1. The van der Waals surface area contributed by atoms with Gasteiger partial charge in [0.25, 0.3) is 0 Å². The minimum Gasteiger partial charge on any atom is -0.383 e. The molecule has 122 valence electrons. The second-order valence-corrected chi connectivity index (χ2v) is 5.42. The minimum absolute atomic E-state index is 0.340. The monoisotopic (exact) mass is 316 g/mol. The maximum absolute atomic E-state index is 13.4. The zero-order valence-electron chi connectivity index (χ0n) is 13.5. The number of hydrogen-bond acceptors (Lipinski definition) is 3. The van der Waals surface area contributed by atoms with Gasteiger partial charge in [-0.2, -0.15) is 0 Å². The van der Waals surface area contributed by atoms with Gasteiger partial charge in [0.15, 0.2) is 0 Å². The molecule has 0 radical (unpaired) electrons. The maximum atomic E-state index is 13.4. The van der Waals surface area contributed by atoms with Gasteiger partial charge in [0.05, 0.1) is 0 Å². The van der Waals surface area contributed by atoms with E-state index in [0.717, 1.165) is 16.8 Å². The molecule has 1 aromatic heterocycles. The second-order valence-electron chi connectivity index (χ2n) is 5.42. The lowest BCUT2D eigenvalue weighted by atomic mass is 10.2. The first-order valence-electron chi connectivity index (χ1n) is 7.43. The fourth-order valence-electron chi connectivity index (χ4n) is 2.19. The van der Waals surface area contributed by atoms with Crippen LogP contribution in [-0.2, 0) is 0 Å². The van der Waals surface area contributed by atoms with Crippen molar-refractivity contribution >= 4 is 17.4 Å². The van der Waals surface area contributed by atoms with E-state index in [4.69, 9.17) is 0 Å². The first-order valence-corrected chi connectivity index (χ1v) is 7.43. The molecule has 1 aromatic carbocycles. The quantitative estimate of drug-likeness (QED) is 0.741. The van der Waals surface area contributed by atoms with Crippen LogP contribution in [0.25, 0.3) is 0 Å². The summed E-state index contributed by atoms with van der Waals surface area (Å²) in [6.07, 6.45) is 3.59. The summed E-state index contributed by atoms with van der Waals surface area (Å²) < 4.78 is 13.4. The van der Waals surface area contributed by atoms with Crippen LogP contribution in [0.15, 0.2) is 30.6 Å². The molecule has 5 nitrogen and oxygen atoms in total. The number of aryl methyl sites for hydroxylation is 3. The van der Waals surface area contributed by atoms with Crippen molar-refractivity contribution in [2.75, 3.05) is 23.7 Å². The summed E-state index contributed by atoms with van der Waals surface area (Å²) >= 11 is 0. The number of halogens is 1. The highest BCUT2D eigenvalue weighted by atomic mass is 19.1. The van der Waals surface area contributed by atoms with Crippen molar-refractivity contribution in [1.82, 2.24) is 10.3 Å². The van der Waals surface area contributed by atoms with Gasteiger partial charge in [0.1, 0.15) is 5.82 Å². The fraction of sp³-hybridized carbons (Fsp3) is 0.294. The van der Waals surface area contributed by atoms with Crippen molar-refractivity contribution in [3.63, 3.8) is 0 Å². The molecule has 0 bridgehead atoms. The third-order valence-corrected chi connectivity index (χ3v) is 3.47. The lowest BCUT2D eigenvalue weighted by molar-refractivity contribution is 0.252. The Hall–Kier alpha value is -2.63. The van der Waals surface area contributed by atoms with Crippen LogP contribution in [-0.4, -0.2) is 24.1 Å². The van der Waals surface area contributed by atoms with Crippen LogP contribution in [0.2, 0.25) is 0 Å². The van der Waals surface area contributed by atoms with Gasteiger partial charge in [-0.15, -0.1) is 0 Å². The first-order chi connectivity index (χ1) is 11.0. The lowest BCUT2D eigenvalue weighted by Crippen LogP contribution is -2.32. The number of nitrogens with one attached hydrogen (secondary N) is 3. The summed E-state index contributed by atoms with van der Waals surface area (Å²) in [6.45, 7) is 6.67. The SMILES string of the molecule is Cc1ccc(NC(=O)NCCNc2c(C)cncc2C)cc1F. The molecule has 0 aliphatic rings. The van der Waals surface area contributed by atoms with Gasteiger partial charge in [-0.1, -0.05) is 6.07 Å². The van der Waals surface area contributed by atoms with Crippen LogP contribution in [0.3, 0.4) is 0 Å². The molecule has 3 N–H and O–H groups in total. The Kier molecular flexibility index (Phi) is 5.51. The largest absolute Gasteiger partial charge is 0.383 e. The molecule has 2 rings (SSSR count). The predicted octanol–water partition coefficient (Wildman–Crippen LogP) is 3.38. The standard InChI is InChI=1S/C17H21FN4O/c1-11-4-5-14(8-15(11)18)22-17(23)21-7-6-20-16-12(2)9-19-10-13(16)3/h4-5,8-10H,6-7H2,1-3H3,(H,19,20)(H2,21,22,23). The average molecular weight is 316 g/mol. The molecular formula is C17H21FN4O. The van der Waals surface area contributed by atoms with E-state index < -0.39 is 0 Å². The van der Waals surface area contributed by atoms with Gasteiger partial charge < -0.3 is 16.0 Å². The molecule has 0 saturated heterocycles. The third kappa shape index (κ3) is 4.67. The van der Waals surface area contributed by atoms with Gasteiger partial charge in [-0.3, -0.25) is 4.98 Å². The number of anilines is 2. The summed E-state index contributed by atoms with van der Waals surface area (Å²) in [6, 6.07) is 4.23. The predicted molar refractivity (Wildman–Crippen MR) is 90.4 cm³/mol. The van der Waals surface area contributed by atoms with Crippen molar-refractivity contribution in [3.8, 4) is 0 Å². The molecule has 23 heavy (non-hydrogen) atoms. The van der Waals surface area contributed by atoms with Crippen LogP contribution in [0, 0.1) is 26.6 Å². The fourth-order valence-corrected chi connectivity index (χ4v) is 2.19. The van der Waals surface area contributed by atoms with Crippen molar-refractivity contribution < 1.29 is 9.18 Å². The van der Waals surface area contributed by atoms with Crippen molar-refractivity contribution in [1.29, 1.82) is 0 Å². The molecular weight excluding hydrogens is 295 g/mol. The highest BCUT2D eigenvalue weighted by Crippen LogP contribution is 2.17. The number of benzene rings is 1. The van der Waals surface area contributed by atoms with E-state index in [1.165, 1.54) is 6.07 Å². The van der Waals surface area contributed by atoms with Crippen LogP contribution in [0.4, 0.5) is 20.6 Å². The van der Waals surface area contributed by atoms with Crippen molar-refractivity contribution in [3.05, 3.63) is 53.1 Å². The maximum Gasteiger partial charge on any atom is 0.319 e. The first kappa shape index (κ1) is 16.7. The second kappa shape index (κ2) is 7.58. The molecule has 2 amide bonds. The molecule has 0 saturated carbocycles. The van der Waals surface area contributed by atoms with E-state index in [-0.39, 0.29) is 11.8 Å². The van der Waals surface area contributed by atoms with Gasteiger partial charge in [-0.05, 0) is 49.6 Å². The smallest absolute Gasteiger partial charge is 0.319 e. The highest BCUT2D eigenvalue weighted by molar-refractivity contribution is 5.89. The number of urea groups is 1. The van der Waals surface area contributed by atoms with Gasteiger partial charge in [-0.25, -0.2) is 9.18 Å². The Morgan fingerprint density at radius 1 is 1.09 bits per heavy atom. The van der Waals surface area contributed by atoms with Crippen molar-refractivity contribution in [2.24, 2.45) is 0 Å². The van der Waals surface area contributed by atoms with Gasteiger partial charge in [0.2, 0.25) is 0 Å². The van der Waals surface area contributed by atoms with E-state index in [9.17, 15) is 9.18 Å². The van der Waals surface area contributed by atoms with Crippen molar-refractivity contribution in [2.45, 2.75) is 20.8 Å². The summed E-state index contributed by atoms with van der Waals surface area (Å²) in [5, 5.41) is 8.60. The van der Waals surface area contributed by atoms with Gasteiger partial charge in [0, 0.05) is 36.9 Å². The topological polar surface area (TPSA) is 66.1 Å². The number of carbonyl (C=O) groups excluding carboxylic acids is 1. The van der Waals surface area contributed by atoms with E-state index in [0.29, 0.717) is 24.3 Å². The highest BCUT2D eigenvalue weighted by Gasteiger charge is 2.05. The van der Waals surface area contributed by atoms with Crippen LogP contribution in [0.5, 0.6) is 0 Å². The lowest BCUT2D eigenvalue weighted by Gasteiger charge is -2.13. The Morgan fingerprint density at radius 2 is 1.78 bits per heavy atom. The molecule has 0 unspecified atom stereocenters. The van der Waals surface area contributed by atoms with E-state index in [2.05, 4.69) is 20.9 Å². The van der Waals surface area contributed by atoms with E-state index in [1.807, 2.05) is 13.8 Å². The normalized spacial score (nSPS) is 10.3. The Balaban J connectivity index is 1.78. The number of aromatic nitrogens is 1. The Morgan fingerprint density at radius 3 is 2.43 bits per heavy atom. The molecule has 0 fully saturated rings. The average Bonchev–Trinajstić information content (AvgIpc) is 2.50. The molecule has 2 aromatic rings. The molecule has 0 spiro atoms. The number of nitrogens with zero attached hydrogens (tertiary/aromatic N) is 1. The van der Waals surface area contributed by atoms with Crippen LogP contribution in [0.1, 0.15) is 16.7 Å². The van der Waals surface area contributed by atoms with Crippen LogP contribution >= 0.6 is 0 Å². The number of carbonyl (C=O) groups is 1. The molecule has 0 aliphatic heterocycles.